The van der Waals surface area contributed by atoms with Crippen LogP contribution in [-0.4, -0.2) is 20.3 Å². The van der Waals surface area contributed by atoms with E-state index in [-0.39, 0.29) is 0 Å². The maximum atomic E-state index is 5.47. The molecular formula is C18H23NO2. The van der Waals surface area contributed by atoms with Gasteiger partial charge in [0.2, 0.25) is 0 Å². The molecule has 3 nitrogen and oxygen atoms in total. The van der Waals surface area contributed by atoms with Gasteiger partial charge in [-0.25, -0.2) is 0 Å². The van der Waals surface area contributed by atoms with E-state index in [0.717, 1.165) is 29.2 Å². The number of ether oxygens (including phenoxy) is 2. The largest absolute Gasteiger partial charge is 0.497 e. The molecule has 0 aliphatic rings. The summed E-state index contributed by atoms with van der Waals surface area (Å²) in [7, 11) is 3.37. The molecule has 2 rings (SSSR count). The molecule has 2 aromatic rings. The molecule has 0 aliphatic carbocycles. The van der Waals surface area contributed by atoms with E-state index < -0.39 is 0 Å². The van der Waals surface area contributed by atoms with E-state index in [0.29, 0.717) is 6.04 Å². The van der Waals surface area contributed by atoms with Crippen LogP contribution in [0, 0.1) is 0 Å². The summed E-state index contributed by atoms with van der Waals surface area (Å²) in [6.07, 6.45) is 0. The Kier molecular flexibility index (Phi) is 5.23. The fraction of sp³-hybridized carbons (Fsp3) is 0.333. The average molecular weight is 285 g/mol. The van der Waals surface area contributed by atoms with Crippen LogP contribution in [0.3, 0.4) is 0 Å². The van der Waals surface area contributed by atoms with Crippen molar-refractivity contribution in [1.29, 1.82) is 0 Å². The number of nitrogens with one attached hydrogen (secondary N) is 1. The Labute approximate surface area is 126 Å². The highest BCUT2D eigenvalue weighted by molar-refractivity contribution is 5.72. The highest BCUT2D eigenvalue weighted by Crippen LogP contribution is 2.33. The molecule has 0 bridgehead atoms. The van der Waals surface area contributed by atoms with Crippen LogP contribution in [0.25, 0.3) is 11.1 Å². The first-order chi connectivity index (χ1) is 10.1. The number of hydrogen-bond acceptors (Lipinski definition) is 3. The van der Waals surface area contributed by atoms with Gasteiger partial charge in [-0.3, -0.25) is 0 Å². The summed E-state index contributed by atoms with van der Waals surface area (Å²) in [5, 5.41) is 3.44. The van der Waals surface area contributed by atoms with Crippen molar-refractivity contribution in [3.05, 3.63) is 48.0 Å². The Bertz CT molecular complexity index is 594. The van der Waals surface area contributed by atoms with Gasteiger partial charge in [0.1, 0.15) is 11.5 Å². The van der Waals surface area contributed by atoms with Gasteiger partial charge >= 0.3 is 0 Å². The lowest BCUT2D eigenvalue weighted by atomic mass is 10.0. The molecule has 0 amide bonds. The Morgan fingerprint density at radius 2 is 1.81 bits per heavy atom. The molecule has 0 spiro atoms. The van der Waals surface area contributed by atoms with Crippen LogP contribution in [-0.2, 0) is 6.54 Å². The van der Waals surface area contributed by atoms with Crippen molar-refractivity contribution in [3.63, 3.8) is 0 Å². The number of methoxy groups -OCH3 is 2. The molecule has 0 saturated carbocycles. The molecular weight excluding hydrogens is 262 g/mol. The van der Waals surface area contributed by atoms with E-state index in [4.69, 9.17) is 9.47 Å². The molecule has 2 aromatic carbocycles. The summed E-state index contributed by atoms with van der Waals surface area (Å²) in [4.78, 5) is 0. The van der Waals surface area contributed by atoms with Crippen LogP contribution in [0.2, 0.25) is 0 Å². The van der Waals surface area contributed by atoms with Gasteiger partial charge in [-0.2, -0.15) is 0 Å². The normalized spacial score (nSPS) is 10.7. The molecule has 0 aliphatic heterocycles. The molecule has 0 fully saturated rings. The van der Waals surface area contributed by atoms with Crippen molar-refractivity contribution in [2.75, 3.05) is 14.2 Å². The van der Waals surface area contributed by atoms with Crippen molar-refractivity contribution < 1.29 is 9.47 Å². The summed E-state index contributed by atoms with van der Waals surface area (Å²) in [6.45, 7) is 5.15. The van der Waals surface area contributed by atoms with Gasteiger partial charge in [0.25, 0.3) is 0 Å². The first-order valence-electron chi connectivity index (χ1n) is 7.18. The van der Waals surface area contributed by atoms with Crippen molar-refractivity contribution in [2.45, 2.75) is 26.4 Å². The Hall–Kier alpha value is -2.00. The van der Waals surface area contributed by atoms with Crippen molar-refractivity contribution in [1.82, 2.24) is 5.32 Å². The maximum absolute atomic E-state index is 5.47. The minimum Gasteiger partial charge on any atom is -0.497 e. The van der Waals surface area contributed by atoms with Crippen molar-refractivity contribution in [2.24, 2.45) is 0 Å². The number of hydrogen-bond donors (Lipinski definition) is 1. The zero-order valence-electron chi connectivity index (χ0n) is 13.1. The SMILES string of the molecule is COc1ccc(OC)c(-c2cccc(CNC(C)C)c2)c1. The van der Waals surface area contributed by atoms with Crippen molar-refractivity contribution >= 4 is 0 Å². The van der Waals surface area contributed by atoms with E-state index in [2.05, 4.69) is 43.4 Å². The maximum Gasteiger partial charge on any atom is 0.126 e. The van der Waals surface area contributed by atoms with E-state index >= 15 is 0 Å². The molecule has 3 heteroatoms. The quantitative estimate of drug-likeness (QED) is 0.874. The average Bonchev–Trinajstić information content (AvgIpc) is 2.52. The number of benzene rings is 2. The van der Waals surface area contributed by atoms with Crippen LogP contribution >= 0.6 is 0 Å². The minimum atomic E-state index is 0.472. The van der Waals surface area contributed by atoms with Crippen LogP contribution in [0.1, 0.15) is 19.4 Å². The predicted molar refractivity (Wildman–Crippen MR) is 87.0 cm³/mol. The fourth-order valence-corrected chi connectivity index (χ4v) is 2.21. The highest BCUT2D eigenvalue weighted by atomic mass is 16.5. The van der Waals surface area contributed by atoms with Crippen LogP contribution in [0.4, 0.5) is 0 Å². The molecule has 0 aromatic heterocycles. The van der Waals surface area contributed by atoms with Gasteiger partial charge in [0.05, 0.1) is 14.2 Å². The second-order valence-corrected chi connectivity index (χ2v) is 5.30. The molecule has 1 N–H and O–H groups in total. The van der Waals surface area contributed by atoms with Crippen LogP contribution < -0.4 is 14.8 Å². The summed E-state index contributed by atoms with van der Waals surface area (Å²) in [5.74, 6) is 1.68. The molecule has 0 unspecified atom stereocenters. The van der Waals surface area contributed by atoms with Gasteiger partial charge in [-0.15, -0.1) is 0 Å². The standard InChI is InChI=1S/C18H23NO2/c1-13(2)19-12-14-6-5-7-15(10-14)17-11-16(20-3)8-9-18(17)21-4/h5-11,13,19H,12H2,1-4H3. The first-order valence-corrected chi connectivity index (χ1v) is 7.18. The summed E-state index contributed by atoms with van der Waals surface area (Å²) < 4.78 is 10.8. The second-order valence-electron chi connectivity index (χ2n) is 5.30. The van der Waals surface area contributed by atoms with E-state index in [9.17, 15) is 0 Å². The Balaban J connectivity index is 2.34. The highest BCUT2D eigenvalue weighted by Gasteiger charge is 2.08. The lowest BCUT2D eigenvalue weighted by Gasteiger charge is -2.13. The molecule has 112 valence electrons. The molecule has 0 atom stereocenters. The summed E-state index contributed by atoms with van der Waals surface area (Å²) in [5.41, 5.74) is 3.43. The summed E-state index contributed by atoms with van der Waals surface area (Å²) in [6, 6.07) is 14.8. The van der Waals surface area contributed by atoms with Crippen LogP contribution in [0.5, 0.6) is 11.5 Å². The minimum absolute atomic E-state index is 0.472. The topological polar surface area (TPSA) is 30.5 Å². The van der Waals surface area contributed by atoms with Gasteiger partial charge in [-0.1, -0.05) is 32.0 Å². The zero-order valence-corrected chi connectivity index (χ0v) is 13.1. The first kappa shape index (κ1) is 15.4. The van der Waals surface area contributed by atoms with E-state index in [1.165, 1.54) is 5.56 Å². The Morgan fingerprint density at radius 1 is 1.00 bits per heavy atom. The predicted octanol–water partition coefficient (Wildman–Crippen LogP) is 3.87. The third kappa shape index (κ3) is 3.99. The zero-order chi connectivity index (χ0) is 15.2. The monoisotopic (exact) mass is 285 g/mol. The van der Waals surface area contributed by atoms with Gasteiger partial charge in [0, 0.05) is 18.2 Å². The third-order valence-electron chi connectivity index (χ3n) is 3.36. The van der Waals surface area contributed by atoms with Crippen molar-refractivity contribution in [3.8, 4) is 22.6 Å². The van der Waals surface area contributed by atoms with Crippen LogP contribution in [0.15, 0.2) is 42.5 Å². The third-order valence-corrected chi connectivity index (χ3v) is 3.36. The van der Waals surface area contributed by atoms with E-state index in [1.807, 2.05) is 18.2 Å². The summed E-state index contributed by atoms with van der Waals surface area (Å²) >= 11 is 0. The molecule has 0 heterocycles. The molecule has 0 radical (unpaired) electrons. The fourth-order valence-electron chi connectivity index (χ4n) is 2.21. The van der Waals surface area contributed by atoms with Gasteiger partial charge in [-0.05, 0) is 35.4 Å². The van der Waals surface area contributed by atoms with Gasteiger partial charge < -0.3 is 14.8 Å². The van der Waals surface area contributed by atoms with E-state index in [1.54, 1.807) is 14.2 Å². The lowest BCUT2D eigenvalue weighted by molar-refractivity contribution is 0.404. The number of rotatable bonds is 6. The van der Waals surface area contributed by atoms with Gasteiger partial charge in [0.15, 0.2) is 0 Å². The lowest BCUT2D eigenvalue weighted by Crippen LogP contribution is -2.21. The molecule has 0 saturated heterocycles. The second kappa shape index (κ2) is 7.14. The molecule has 21 heavy (non-hydrogen) atoms. The Morgan fingerprint density at radius 3 is 2.48 bits per heavy atom. The smallest absolute Gasteiger partial charge is 0.126 e.